The maximum absolute atomic E-state index is 13.3. The highest BCUT2D eigenvalue weighted by Gasteiger charge is 2.33. The van der Waals surface area contributed by atoms with Crippen molar-refractivity contribution in [1.29, 1.82) is 0 Å². The summed E-state index contributed by atoms with van der Waals surface area (Å²) in [6.07, 6.45) is 1.94. The summed E-state index contributed by atoms with van der Waals surface area (Å²) in [6, 6.07) is 9.47. The van der Waals surface area contributed by atoms with E-state index in [0.29, 0.717) is 28.8 Å². The van der Waals surface area contributed by atoms with Gasteiger partial charge in [0.25, 0.3) is 0 Å². The Morgan fingerprint density at radius 3 is 2.31 bits per heavy atom. The monoisotopic (exact) mass is 397 g/mol. The number of ether oxygens (including phenoxy) is 3. The summed E-state index contributed by atoms with van der Waals surface area (Å²) >= 11 is 0. The minimum atomic E-state index is -0.341. The molecule has 150 valence electrons. The first-order chi connectivity index (χ1) is 14.0. The van der Waals surface area contributed by atoms with E-state index in [1.54, 1.807) is 50.4 Å². The molecule has 29 heavy (non-hydrogen) atoms. The summed E-state index contributed by atoms with van der Waals surface area (Å²) in [4.78, 5) is 12.5. The standard InChI is InChI=1S/C21H20FN3O4/c1-27-17-10-19(29-3)18(28-2)8-15(17)14-9-20(26)24-21-16(14)11-23-25(21)13-6-4-12(22)5-7-13/h4-8,10-11,14H,9H2,1-3H3,(H,24,26). The lowest BCUT2D eigenvalue weighted by molar-refractivity contribution is -0.116. The van der Waals surface area contributed by atoms with Gasteiger partial charge in [-0.3, -0.25) is 4.79 Å². The van der Waals surface area contributed by atoms with E-state index in [4.69, 9.17) is 14.2 Å². The van der Waals surface area contributed by atoms with E-state index in [1.165, 1.54) is 12.1 Å². The van der Waals surface area contributed by atoms with Gasteiger partial charge in [0.1, 0.15) is 17.4 Å². The molecule has 1 aromatic heterocycles. The van der Waals surface area contributed by atoms with Crippen LogP contribution in [0.25, 0.3) is 5.69 Å². The lowest BCUT2D eigenvalue weighted by Crippen LogP contribution is -2.25. The number of fused-ring (bicyclic) bond motifs is 1. The zero-order valence-corrected chi connectivity index (χ0v) is 16.2. The minimum Gasteiger partial charge on any atom is -0.496 e. The van der Waals surface area contributed by atoms with Gasteiger partial charge in [0, 0.05) is 29.5 Å². The van der Waals surface area contributed by atoms with Crippen LogP contribution in [0.2, 0.25) is 0 Å². The summed E-state index contributed by atoms with van der Waals surface area (Å²) < 4.78 is 31.2. The zero-order valence-electron chi connectivity index (χ0n) is 16.2. The van der Waals surface area contributed by atoms with Crippen molar-refractivity contribution < 1.29 is 23.4 Å². The van der Waals surface area contributed by atoms with E-state index in [2.05, 4.69) is 10.4 Å². The lowest BCUT2D eigenvalue weighted by Gasteiger charge is -2.26. The van der Waals surface area contributed by atoms with E-state index >= 15 is 0 Å². The number of aromatic nitrogens is 2. The Morgan fingerprint density at radius 1 is 1.00 bits per heavy atom. The fourth-order valence-corrected chi connectivity index (χ4v) is 3.60. The van der Waals surface area contributed by atoms with Crippen molar-refractivity contribution in [3.05, 3.63) is 59.5 Å². The van der Waals surface area contributed by atoms with E-state index in [-0.39, 0.29) is 24.1 Å². The van der Waals surface area contributed by atoms with Crippen molar-refractivity contribution in [1.82, 2.24) is 9.78 Å². The van der Waals surface area contributed by atoms with Crippen LogP contribution in [0.3, 0.4) is 0 Å². The van der Waals surface area contributed by atoms with E-state index < -0.39 is 0 Å². The van der Waals surface area contributed by atoms with Gasteiger partial charge in [-0.15, -0.1) is 0 Å². The Morgan fingerprint density at radius 2 is 1.66 bits per heavy atom. The van der Waals surface area contributed by atoms with E-state index in [9.17, 15) is 9.18 Å². The molecular formula is C21H20FN3O4. The Kier molecular flexibility index (Phi) is 4.84. The molecule has 3 aromatic rings. The first-order valence-electron chi connectivity index (χ1n) is 8.99. The quantitative estimate of drug-likeness (QED) is 0.713. The molecule has 0 saturated heterocycles. The Hall–Kier alpha value is -3.55. The maximum atomic E-state index is 13.3. The molecule has 8 heteroatoms. The van der Waals surface area contributed by atoms with Crippen LogP contribution < -0.4 is 19.5 Å². The number of hydrogen-bond donors (Lipinski definition) is 1. The molecule has 1 N–H and O–H groups in total. The first-order valence-corrected chi connectivity index (χ1v) is 8.99. The van der Waals surface area contributed by atoms with Gasteiger partial charge in [-0.1, -0.05) is 0 Å². The SMILES string of the molecule is COc1cc(OC)c(C2CC(=O)Nc3c2cnn3-c2ccc(F)cc2)cc1OC. The van der Waals surface area contributed by atoms with Gasteiger partial charge in [-0.2, -0.15) is 5.10 Å². The third kappa shape index (κ3) is 3.26. The predicted octanol–water partition coefficient (Wildman–Crippen LogP) is 3.51. The van der Waals surface area contributed by atoms with Crippen molar-refractivity contribution in [2.75, 3.05) is 26.6 Å². The highest BCUT2D eigenvalue weighted by molar-refractivity contribution is 5.95. The van der Waals surface area contributed by atoms with Gasteiger partial charge >= 0.3 is 0 Å². The normalized spacial score (nSPS) is 15.4. The minimum absolute atomic E-state index is 0.150. The number of carbonyl (C=O) groups is 1. The second-order valence-corrected chi connectivity index (χ2v) is 6.59. The average molecular weight is 397 g/mol. The van der Waals surface area contributed by atoms with Crippen LogP contribution in [-0.2, 0) is 4.79 Å². The van der Waals surface area contributed by atoms with Crippen molar-refractivity contribution in [2.24, 2.45) is 0 Å². The van der Waals surface area contributed by atoms with Crippen molar-refractivity contribution in [3.63, 3.8) is 0 Å². The van der Waals surface area contributed by atoms with Crippen molar-refractivity contribution in [3.8, 4) is 22.9 Å². The van der Waals surface area contributed by atoms with Gasteiger partial charge in [0.05, 0.1) is 33.2 Å². The van der Waals surface area contributed by atoms with Gasteiger partial charge in [0.15, 0.2) is 11.5 Å². The molecule has 1 aliphatic rings. The third-order valence-corrected chi connectivity index (χ3v) is 5.00. The number of nitrogens with zero attached hydrogens (tertiary/aromatic N) is 2. The number of rotatable bonds is 5. The highest BCUT2D eigenvalue weighted by Crippen LogP contribution is 2.45. The van der Waals surface area contributed by atoms with Gasteiger partial charge < -0.3 is 19.5 Å². The number of hydrogen-bond acceptors (Lipinski definition) is 5. The molecule has 2 aromatic carbocycles. The molecule has 0 bridgehead atoms. The Balaban J connectivity index is 1.84. The summed E-state index contributed by atoms with van der Waals surface area (Å²) in [7, 11) is 4.67. The zero-order chi connectivity index (χ0) is 20.5. The molecule has 1 amide bonds. The van der Waals surface area contributed by atoms with Crippen LogP contribution in [-0.4, -0.2) is 37.0 Å². The fraction of sp³-hybridized carbons (Fsp3) is 0.238. The van der Waals surface area contributed by atoms with Crippen LogP contribution in [0.15, 0.2) is 42.6 Å². The first kappa shape index (κ1) is 18.8. The molecule has 0 radical (unpaired) electrons. The molecule has 0 spiro atoms. The summed E-state index contributed by atoms with van der Waals surface area (Å²) in [6.45, 7) is 0. The van der Waals surface area contributed by atoms with Crippen LogP contribution in [0, 0.1) is 5.82 Å². The molecule has 7 nitrogen and oxygen atoms in total. The fourth-order valence-electron chi connectivity index (χ4n) is 3.60. The number of halogens is 1. The molecule has 1 atom stereocenters. The molecule has 0 saturated carbocycles. The number of carbonyl (C=O) groups excluding carboxylic acids is 1. The van der Waals surface area contributed by atoms with Crippen LogP contribution in [0.1, 0.15) is 23.5 Å². The van der Waals surface area contributed by atoms with E-state index in [0.717, 1.165) is 11.1 Å². The van der Waals surface area contributed by atoms with E-state index in [1.807, 2.05) is 6.07 Å². The lowest BCUT2D eigenvalue weighted by atomic mass is 9.86. The Labute approximate surface area is 167 Å². The van der Waals surface area contributed by atoms with Gasteiger partial charge in [-0.05, 0) is 30.3 Å². The number of methoxy groups -OCH3 is 3. The Bertz CT molecular complexity index is 1060. The number of nitrogens with one attached hydrogen (secondary N) is 1. The molecular weight excluding hydrogens is 377 g/mol. The smallest absolute Gasteiger partial charge is 0.226 e. The molecule has 1 unspecified atom stereocenters. The topological polar surface area (TPSA) is 74.6 Å². The summed E-state index contributed by atoms with van der Waals surface area (Å²) in [5.74, 6) is 1.44. The third-order valence-electron chi connectivity index (χ3n) is 5.00. The summed E-state index contributed by atoms with van der Waals surface area (Å²) in [5, 5.41) is 7.30. The van der Waals surface area contributed by atoms with Crippen LogP contribution >= 0.6 is 0 Å². The number of amides is 1. The molecule has 4 rings (SSSR count). The largest absolute Gasteiger partial charge is 0.496 e. The average Bonchev–Trinajstić information content (AvgIpc) is 3.16. The van der Waals surface area contributed by atoms with Crippen molar-refractivity contribution in [2.45, 2.75) is 12.3 Å². The van der Waals surface area contributed by atoms with Gasteiger partial charge in [-0.25, -0.2) is 9.07 Å². The van der Waals surface area contributed by atoms with Crippen LogP contribution in [0.4, 0.5) is 10.2 Å². The van der Waals surface area contributed by atoms with Gasteiger partial charge in [0.2, 0.25) is 5.91 Å². The molecule has 0 aliphatic carbocycles. The molecule has 0 fully saturated rings. The molecule has 2 heterocycles. The molecule has 1 aliphatic heterocycles. The highest BCUT2D eigenvalue weighted by atomic mass is 19.1. The maximum Gasteiger partial charge on any atom is 0.226 e. The second-order valence-electron chi connectivity index (χ2n) is 6.59. The summed E-state index contributed by atoms with van der Waals surface area (Å²) in [5.41, 5.74) is 2.27. The second kappa shape index (κ2) is 7.46. The van der Waals surface area contributed by atoms with Crippen LogP contribution in [0.5, 0.6) is 17.2 Å². The van der Waals surface area contributed by atoms with Crippen molar-refractivity contribution >= 4 is 11.7 Å². The number of benzene rings is 2. The number of anilines is 1. The predicted molar refractivity (Wildman–Crippen MR) is 105 cm³/mol.